The Kier molecular flexibility index (Phi) is 10.5. The summed E-state index contributed by atoms with van der Waals surface area (Å²) >= 11 is 0. The molecule has 0 fully saturated rings. The van der Waals surface area contributed by atoms with Crippen LogP contribution in [0.2, 0.25) is 0 Å². The summed E-state index contributed by atoms with van der Waals surface area (Å²) < 4.78 is 138. The highest BCUT2D eigenvalue weighted by Crippen LogP contribution is 2.54. The molecule has 1 aromatic heterocycles. The largest absolute Gasteiger partial charge is 0.743 e. The molecule has 1 rings (SSSR count). The molecule has 0 aliphatic heterocycles. The number of aromatic nitrogens is 1. The minimum absolute atomic E-state index is 0.641. The summed E-state index contributed by atoms with van der Waals surface area (Å²) in [6.07, 6.45) is 4.00. The fourth-order valence-electron chi connectivity index (χ4n) is 2.42. The second-order valence-corrected chi connectivity index (χ2v) is 8.57. The molecule has 0 saturated heterocycles. The number of unbranched alkanes of at least 4 members (excludes halogenated alkanes) is 3. The van der Waals surface area contributed by atoms with Crippen LogP contribution in [0.1, 0.15) is 57.6 Å². The van der Waals surface area contributed by atoms with Gasteiger partial charge in [-0.2, -0.15) is 39.5 Å². The molecule has 0 spiro atoms. The molecule has 0 radical (unpaired) electrons. The van der Waals surface area contributed by atoms with Gasteiger partial charge >= 0.3 is 23.3 Å². The van der Waals surface area contributed by atoms with Crippen molar-refractivity contribution in [1.29, 1.82) is 0 Å². The van der Waals surface area contributed by atoms with Gasteiger partial charge in [0, 0.05) is 18.1 Å². The summed E-state index contributed by atoms with van der Waals surface area (Å²) in [5.41, 5.74) is 1.35. The van der Waals surface area contributed by atoms with Gasteiger partial charge < -0.3 is 4.55 Å². The van der Waals surface area contributed by atoms with Gasteiger partial charge in [0.2, 0.25) is 0 Å². The fourth-order valence-corrected chi connectivity index (χ4v) is 2.87. The van der Waals surface area contributed by atoms with Crippen LogP contribution in [0, 0.1) is 6.92 Å². The van der Waals surface area contributed by atoms with E-state index in [1.807, 2.05) is 0 Å². The Labute approximate surface area is 180 Å². The zero-order chi connectivity index (χ0) is 25.6. The van der Waals surface area contributed by atoms with E-state index in [0.29, 0.717) is 6.04 Å². The van der Waals surface area contributed by atoms with Crippen molar-refractivity contribution in [1.82, 2.24) is 0 Å². The van der Waals surface area contributed by atoms with Crippen LogP contribution >= 0.6 is 0 Å². The molecule has 1 aromatic rings. The van der Waals surface area contributed by atoms with Crippen molar-refractivity contribution < 1.29 is 57.1 Å². The molecular weight excluding hydrogens is 481 g/mol. The number of aryl methyl sites for hydroxylation is 1. The van der Waals surface area contributed by atoms with Gasteiger partial charge in [-0.3, -0.25) is 0 Å². The molecule has 1 unspecified atom stereocenters. The molecule has 1 atom stereocenters. The molecule has 4 nitrogen and oxygen atoms in total. The number of halogens is 9. The molecule has 0 aromatic carbocycles. The lowest BCUT2D eigenvalue weighted by atomic mass is 10.1. The molecule has 14 heteroatoms. The summed E-state index contributed by atoms with van der Waals surface area (Å²) in [5, 5.41) is -7.11. The summed E-state index contributed by atoms with van der Waals surface area (Å²) in [7, 11) is -7.42. The van der Waals surface area contributed by atoms with Gasteiger partial charge in [-0.05, 0) is 26.3 Å². The number of alkyl halides is 9. The van der Waals surface area contributed by atoms with Crippen LogP contribution in [0.3, 0.4) is 0 Å². The van der Waals surface area contributed by atoms with E-state index in [2.05, 4.69) is 49.9 Å². The normalized spacial score (nSPS) is 14.5. The summed E-state index contributed by atoms with van der Waals surface area (Å²) in [6.45, 7) is 6.73. The van der Waals surface area contributed by atoms with Gasteiger partial charge in [-0.1, -0.05) is 26.2 Å². The molecule has 0 N–H and O–H groups in total. The van der Waals surface area contributed by atoms with E-state index in [9.17, 15) is 52.5 Å². The zero-order valence-corrected chi connectivity index (χ0v) is 18.2. The van der Waals surface area contributed by atoms with Crippen molar-refractivity contribution in [3.63, 3.8) is 0 Å². The van der Waals surface area contributed by atoms with E-state index in [-0.39, 0.29) is 0 Å². The van der Waals surface area contributed by atoms with Crippen molar-refractivity contribution in [3.05, 3.63) is 30.1 Å². The average Bonchev–Trinajstić information content (AvgIpc) is 2.63. The third-order valence-corrected chi connectivity index (χ3v) is 5.27. The predicted octanol–water partition coefficient (Wildman–Crippen LogP) is 5.77. The monoisotopic (exact) mass is 505 g/mol. The lowest BCUT2D eigenvalue weighted by Crippen LogP contribution is -2.63. The van der Waals surface area contributed by atoms with Crippen LogP contribution < -0.4 is 4.57 Å². The van der Waals surface area contributed by atoms with Gasteiger partial charge in [0.05, 0.1) is 0 Å². The van der Waals surface area contributed by atoms with E-state index in [1.165, 1.54) is 37.7 Å². The van der Waals surface area contributed by atoms with Gasteiger partial charge in [-0.25, -0.2) is 13.0 Å². The molecular formula is C18H24F9NO3S. The Morgan fingerprint density at radius 2 is 1.50 bits per heavy atom. The van der Waals surface area contributed by atoms with Crippen molar-refractivity contribution in [3.8, 4) is 0 Å². The number of hydrogen-bond donors (Lipinski definition) is 0. The quantitative estimate of drug-likeness (QED) is 0.185. The lowest BCUT2D eigenvalue weighted by Gasteiger charge is -2.34. The predicted molar refractivity (Wildman–Crippen MR) is 95.4 cm³/mol. The first-order chi connectivity index (χ1) is 14.2. The average molecular weight is 505 g/mol. The Balaban J connectivity index is 0.000000604. The molecule has 0 bridgehead atoms. The van der Waals surface area contributed by atoms with E-state index < -0.39 is 33.4 Å². The minimum atomic E-state index is -7.43. The van der Waals surface area contributed by atoms with Crippen LogP contribution in [0.25, 0.3) is 0 Å². The van der Waals surface area contributed by atoms with Gasteiger partial charge in [0.25, 0.3) is 0 Å². The van der Waals surface area contributed by atoms with Crippen LogP contribution in [-0.2, 0) is 10.1 Å². The summed E-state index contributed by atoms with van der Waals surface area (Å²) in [5.74, 6) is -14.8. The maximum Gasteiger partial charge on any atom is 0.460 e. The van der Waals surface area contributed by atoms with Crippen molar-refractivity contribution >= 4 is 10.1 Å². The first-order valence-electron chi connectivity index (χ1n) is 9.37. The second-order valence-electron chi connectivity index (χ2n) is 7.14. The topological polar surface area (TPSA) is 61.1 Å². The lowest BCUT2D eigenvalue weighted by molar-refractivity contribution is -0.720. The highest BCUT2D eigenvalue weighted by molar-refractivity contribution is 7.86. The Morgan fingerprint density at radius 1 is 0.969 bits per heavy atom. The molecule has 188 valence electrons. The summed E-state index contributed by atoms with van der Waals surface area (Å²) in [6, 6.07) is 4.93. The van der Waals surface area contributed by atoms with Crippen LogP contribution in [0.4, 0.5) is 39.5 Å². The Bertz CT molecular complexity index is 827. The number of rotatable bonds is 9. The SMILES string of the molecule is CCCCCCC(C)[n+]1cccc(C)c1.O=S(=O)([O-])C(F)(F)C(F)(F)C(F)(F)C(F)(F)F. The van der Waals surface area contributed by atoms with Gasteiger partial charge in [-0.15, -0.1) is 0 Å². The zero-order valence-electron chi connectivity index (χ0n) is 17.4. The highest BCUT2D eigenvalue weighted by Gasteiger charge is 2.83. The standard InChI is InChI=1S/C14H24N.C4HF9O3S/c1-4-5-6-7-10-14(3)15-11-8-9-13(2)12-15;5-1(6,3(9,10)11)2(7,8)4(12,13)17(14,15)16/h8-9,11-12,14H,4-7,10H2,1-3H3;(H,14,15,16)/q+1;/p-1. The van der Waals surface area contributed by atoms with Gasteiger partial charge in [0.15, 0.2) is 28.6 Å². The summed E-state index contributed by atoms with van der Waals surface area (Å²) in [4.78, 5) is 0. The molecule has 32 heavy (non-hydrogen) atoms. The number of nitrogens with zero attached hydrogens (tertiary/aromatic N) is 1. The first-order valence-corrected chi connectivity index (χ1v) is 10.8. The molecule has 0 aliphatic carbocycles. The van der Waals surface area contributed by atoms with Crippen LogP contribution in [0.15, 0.2) is 24.5 Å². The van der Waals surface area contributed by atoms with Crippen molar-refractivity contribution in [2.24, 2.45) is 0 Å². The highest BCUT2D eigenvalue weighted by atomic mass is 32.2. The first kappa shape index (κ1) is 30.4. The Morgan fingerprint density at radius 3 is 1.91 bits per heavy atom. The van der Waals surface area contributed by atoms with Gasteiger partial charge in [0.1, 0.15) is 0 Å². The van der Waals surface area contributed by atoms with Crippen LogP contribution in [0.5, 0.6) is 0 Å². The molecule has 0 aliphatic rings. The maximum absolute atomic E-state index is 12.2. The number of pyridine rings is 1. The fraction of sp³-hybridized carbons (Fsp3) is 0.722. The van der Waals surface area contributed by atoms with Crippen molar-refractivity contribution in [2.45, 2.75) is 82.2 Å². The Hall–Kier alpha value is -1.57. The second kappa shape index (κ2) is 11.0. The molecule has 1 heterocycles. The third kappa shape index (κ3) is 7.22. The van der Waals surface area contributed by atoms with E-state index in [4.69, 9.17) is 0 Å². The smallest absolute Gasteiger partial charge is 0.460 e. The van der Waals surface area contributed by atoms with Crippen LogP contribution in [-0.4, -0.2) is 36.2 Å². The van der Waals surface area contributed by atoms with E-state index in [0.717, 1.165) is 0 Å². The third-order valence-electron chi connectivity index (χ3n) is 4.38. The van der Waals surface area contributed by atoms with E-state index >= 15 is 0 Å². The van der Waals surface area contributed by atoms with Crippen molar-refractivity contribution in [2.75, 3.05) is 0 Å². The molecule has 0 amide bonds. The number of hydrogen-bond acceptors (Lipinski definition) is 3. The van der Waals surface area contributed by atoms with E-state index in [1.54, 1.807) is 0 Å². The minimum Gasteiger partial charge on any atom is -0.743 e. The molecule has 0 saturated carbocycles. The maximum atomic E-state index is 12.2.